The number of nitrogens with one attached hydrogen (secondary N) is 3. The summed E-state index contributed by atoms with van der Waals surface area (Å²) in [5.74, 6) is -1.99. The summed E-state index contributed by atoms with van der Waals surface area (Å²) in [7, 11) is 2.98. The summed E-state index contributed by atoms with van der Waals surface area (Å²) in [4.78, 5) is 30.0. The van der Waals surface area contributed by atoms with Gasteiger partial charge in [0.1, 0.15) is 23.8 Å². The molecule has 0 fully saturated rings. The first kappa shape index (κ1) is 28.7. The van der Waals surface area contributed by atoms with E-state index in [1.165, 1.54) is 44.7 Å². The Morgan fingerprint density at radius 2 is 1.49 bits per heavy atom. The van der Waals surface area contributed by atoms with E-state index in [1.807, 2.05) is 0 Å². The number of benzene rings is 3. The van der Waals surface area contributed by atoms with E-state index in [9.17, 15) is 18.4 Å². The van der Waals surface area contributed by atoms with Crippen LogP contribution in [-0.2, 0) is 9.59 Å². The summed E-state index contributed by atoms with van der Waals surface area (Å²) in [6, 6.07) is 13.5. The number of carbonyl (C=O) groups excluding carboxylic acids is 2. The van der Waals surface area contributed by atoms with E-state index < -0.39 is 35.7 Å². The molecular formula is C29H25F3N4O5. The standard InChI is InChI=1S/C29H25F3N4O5/c1-39-26-14-20-23(15-27(26)40-2)34-11-9-24(20)41-25-8-7-19(13-22(25)32)36-29(38)21(16-33-12-10-30)28(37)35-18-5-3-17(31)4-6-18/h3-9,11,13-16,33H,10,12H2,1-2H3,(H,35,37)(H,36,38)/b21-16+. The zero-order valence-corrected chi connectivity index (χ0v) is 22.0. The first-order valence-corrected chi connectivity index (χ1v) is 12.2. The van der Waals surface area contributed by atoms with Crippen LogP contribution in [0, 0.1) is 11.6 Å². The van der Waals surface area contributed by atoms with Gasteiger partial charge in [-0.3, -0.25) is 14.6 Å². The Labute approximate surface area is 232 Å². The largest absolute Gasteiger partial charge is 0.493 e. The zero-order valence-electron chi connectivity index (χ0n) is 22.0. The van der Waals surface area contributed by atoms with Crippen LogP contribution in [0.4, 0.5) is 24.5 Å². The molecule has 0 bridgehead atoms. The van der Waals surface area contributed by atoms with Crippen molar-refractivity contribution >= 4 is 34.1 Å². The van der Waals surface area contributed by atoms with Crippen LogP contribution < -0.4 is 30.2 Å². The number of anilines is 2. The monoisotopic (exact) mass is 566 g/mol. The quantitative estimate of drug-likeness (QED) is 0.0973. The van der Waals surface area contributed by atoms with Gasteiger partial charge in [-0.25, -0.2) is 13.2 Å². The van der Waals surface area contributed by atoms with E-state index in [4.69, 9.17) is 14.2 Å². The van der Waals surface area contributed by atoms with E-state index in [0.717, 1.165) is 24.4 Å². The van der Waals surface area contributed by atoms with E-state index in [-0.39, 0.29) is 23.7 Å². The zero-order chi connectivity index (χ0) is 29.4. The Bertz CT molecular complexity index is 1600. The average molecular weight is 567 g/mol. The third-order valence-corrected chi connectivity index (χ3v) is 5.69. The minimum absolute atomic E-state index is 0.0248. The third-order valence-electron chi connectivity index (χ3n) is 5.69. The van der Waals surface area contributed by atoms with Gasteiger partial charge < -0.3 is 30.2 Å². The Balaban J connectivity index is 1.53. The number of nitrogens with zero attached hydrogens (tertiary/aromatic N) is 1. The first-order valence-electron chi connectivity index (χ1n) is 12.2. The van der Waals surface area contributed by atoms with Gasteiger partial charge in [-0.15, -0.1) is 0 Å². The van der Waals surface area contributed by atoms with Crippen molar-refractivity contribution in [3.05, 3.63) is 90.3 Å². The summed E-state index contributed by atoms with van der Waals surface area (Å²) in [6.45, 7) is -0.894. The lowest BCUT2D eigenvalue weighted by Gasteiger charge is -2.14. The van der Waals surface area contributed by atoms with Crippen molar-refractivity contribution in [1.82, 2.24) is 10.3 Å². The number of carbonyl (C=O) groups is 2. The van der Waals surface area contributed by atoms with E-state index in [1.54, 1.807) is 18.2 Å². The number of hydrogen-bond acceptors (Lipinski definition) is 7. The van der Waals surface area contributed by atoms with Crippen molar-refractivity contribution in [1.29, 1.82) is 0 Å². The number of aromatic nitrogens is 1. The summed E-state index contributed by atoms with van der Waals surface area (Å²) in [5.41, 5.74) is 0.366. The van der Waals surface area contributed by atoms with Crippen LogP contribution in [0.15, 0.2) is 78.6 Å². The van der Waals surface area contributed by atoms with Gasteiger partial charge >= 0.3 is 0 Å². The molecule has 0 spiro atoms. The van der Waals surface area contributed by atoms with Crippen molar-refractivity contribution in [3.63, 3.8) is 0 Å². The van der Waals surface area contributed by atoms with E-state index in [0.29, 0.717) is 28.2 Å². The maximum atomic E-state index is 15.1. The molecule has 0 aliphatic heterocycles. The predicted molar refractivity (Wildman–Crippen MR) is 147 cm³/mol. The molecule has 0 saturated carbocycles. The highest BCUT2D eigenvalue weighted by molar-refractivity contribution is 6.26. The molecule has 0 aliphatic carbocycles. The summed E-state index contributed by atoms with van der Waals surface area (Å²) in [6.07, 6.45) is 2.54. The second-order valence-electron chi connectivity index (χ2n) is 8.40. The fraction of sp³-hybridized carbons (Fsp3) is 0.138. The lowest BCUT2D eigenvalue weighted by molar-refractivity contribution is -0.118. The second kappa shape index (κ2) is 13.2. The lowest BCUT2D eigenvalue weighted by atomic mass is 10.1. The molecule has 1 aromatic heterocycles. The Morgan fingerprint density at radius 3 is 2.15 bits per heavy atom. The van der Waals surface area contributed by atoms with Gasteiger partial charge in [-0.05, 0) is 48.5 Å². The van der Waals surface area contributed by atoms with Crippen LogP contribution in [0.2, 0.25) is 0 Å². The average Bonchev–Trinajstić information content (AvgIpc) is 2.97. The van der Waals surface area contributed by atoms with Gasteiger partial charge in [0.2, 0.25) is 0 Å². The SMILES string of the molecule is COc1cc2nccc(Oc3ccc(NC(=O)/C(=C/NCCF)C(=O)Nc4ccc(F)cc4)cc3F)c2cc1OC. The number of hydrogen-bond donors (Lipinski definition) is 3. The van der Waals surface area contributed by atoms with E-state index >= 15 is 4.39 Å². The van der Waals surface area contributed by atoms with Crippen molar-refractivity contribution in [2.75, 3.05) is 38.1 Å². The molecule has 212 valence electrons. The number of methoxy groups -OCH3 is 2. The summed E-state index contributed by atoms with van der Waals surface area (Å²) in [5, 5.41) is 7.96. The molecule has 2 amide bonds. The number of amides is 2. The molecule has 0 saturated heterocycles. The van der Waals surface area contributed by atoms with Crippen LogP contribution in [0.3, 0.4) is 0 Å². The molecule has 12 heteroatoms. The van der Waals surface area contributed by atoms with Gasteiger partial charge in [0.15, 0.2) is 23.1 Å². The van der Waals surface area contributed by atoms with Crippen LogP contribution in [0.5, 0.6) is 23.0 Å². The normalized spacial score (nSPS) is 11.1. The second-order valence-corrected chi connectivity index (χ2v) is 8.40. The highest BCUT2D eigenvalue weighted by atomic mass is 19.1. The van der Waals surface area contributed by atoms with Gasteiger partial charge in [-0.1, -0.05) is 0 Å². The molecule has 41 heavy (non-hydrogen) atoms. The molecule has 3 N–H and O–H groups in total. The molecule has 9 nitrogen and oxygen atoms in total. The molecule has 3 aromatic carbocycles. The van der Waals surface area contributed by atoms with Crippen molar-refractivity contribution in [2.24, 2.45) is 0 Å². The van der Waals surface area contributed by atoms with Crippen LogP contribution in [0.25, 0.3) is 10.9 Å². The van der Waals surface area contributed by atoms with Gasteiger partial charge in [-0.2, -0.15) is 0 Å². The van der Waals surface area contributed by atoms with Crippen molar-refractivity contribution < 1.29 is 37.0 Å². The molecule has 1 heterocycles. The predicted octanol–water partition coefficient (Wildman–Crippen LogP) is 5.34. The van der Waals surface area contributed by atoms with Crippen molar-refractivity contribution in [3.8, 4) is 23.0 Å². The maximum absolute atomic E-state index is 15.1. The molecule has 0 aliphatic rings. The Kier molecular flexibility index (Phi) is 9.25. The number of ether oxygens (including phenoxy) is 3. The number of rotatable bonds is 11. The minimum Gasteiger partial charge on any atom is -0.493 e. The highest BCUT2D eigenvalue weighted by Crippen LogP contribution is 2.37. The highest BCUT2D eigenvalue weighted by Gasteiger charge is 2.20. The smallest absolute Gasteiger partial charge is 0.262 e. The van der Waals surface area contributed by atoms with Crippen LogP contribution in [-0.4, -0.2) is 44.2 Å². The summed E-state index contributed by atoms with van der Waals surface area (Å²) >= 11 is 0. The van der Waals surface area contributed by atoms with Gasteiger partial charge in [0.05, 0.1) is 19.7 Å². The first-order chi connectivity index (χ1) is 19.8. The molecule has 4 aromatic rings. The number of pyridine rings is 1. The Hall–Kier alpha value is -5.26. The molecule has 0 radical (unpaired) electrons. The molecule has 0 unspecified atom stereocenters. The lowest BCUT2D eigenvalue weighted by Crippen LogP contribution is -2.27. The number of halogens is 3. The molecule has 0 atom stereocenters. The van der Waals surface area contributed by atoms with Gasteiger partial charge in [0, 0.05) is 47.8 Å². The fourth-order valence-corrected chi connectivity index (χ4v) is 3.71. The van der Waals surface area contributed by atoms with Crippen molar-refractivity contribution in [2.45, 2.75) is 0 Å². The molecule has 4 rings (SSSR count). The molecular weight excluding hydrogens is 541 g/mol. The maximum Gasteiger partial charge on any atom is 0.262 e. The third kappa shape index (κ3) is 7.04. The van der Waals surface area contributed by atoms with Crippen LogP contribution in [0.1, 0.15) is 0 Å². The summed E-state index contributed by atoms with van der Waals surface area (Å²) < 4.78 is 57.3. The number of alkyl halides is 1. The van der Waals surface area contributed by atoms with E-state index in [2.05, 4.69) is 20.9 Å². The van der Waals surface area contributed by atoms with Gasteiger partial charge in [0.25, 0.3) is 11.8 Å². The van der Waals surface area contributed by atoms with Crippen LogP contribution >= 0.6 is 0 Å². The number of fused-ring (bicyclic) bond motifs is 1. The topological polar surface area (TPSA) is 111 Å². The fourth-order valence-electron chi connectivity index (χ4n) is 3.71. The minimum atomic E-state index is -0.898. The Morgan fingerprint density at radius 1 is 0.829 bits per heavy atom.